The number of para-hydroxylation sites is 2. The third-order valence-electron chi connectivity index (χ3n) is 5.55. The SMILES string of the molecule is CCCCCCn1c([C@@H]2CC(=O)N(c3ccc(F)cc3)C2)nc2ccccc21. The Kier molecular flexibility index (Phi) is 5.42. The van der Waals surface area contributed by atoms with Gasteiger partial charge in [-0.1, -0.05) is 38.3 Å². The molecule has 0 unspecified atom stereocenters. The molecular weight excluding hydrogens is 353 g/mol. The number of unbranched alkanes of at least 4 members (excludes halogenated alkanes) is 3. The van der Waals surface area contributed by atoms with Gasteiger partial charge in [0.2, 0.25) is 5.91 Å². The first-order chi connectivity index (χ1) is 13.7. The fraction of sp³-hybridized carbons (Fsp3) is 0.391. The molecule has 0 aliphatic carbocycles. The van der Waals surface area contributed by atoms with Crippen molar-refractivity contribution in [2.45, 2.75) is 51.5 Å². The number of anilines is 1. The van der Waals surface area contributed by atoms with Crippen molar-refractivity contribution in [2.24, 2.45) is 0 Å². The second-order valence-electron chi connectivity index (χ2n) is 7.55. The summed E-state index contributed by atoms with van der Waals surface area (Å²) >= 11 is 0. The highest BCUT2D eigenvalue weighted by molar-refractivity contribution is 5.96. The molecule has 4 rings (SSSR count). The van der Waals surface area contributed by atoms with Crippen LogP contribution < -0.4 is 4.90 Å². The predicted molar refractivity (Wildman–Crippen MR) is 110 cm³/mol. The first-order valence-electron chi connectivity index (χ1n) is 10.2. The Bertz CT molecular complexity index is 964. The van der Waals surface area contributed by atoms with E-state index in [9.17, 15) is 9.18 Å². The number of carbonyl (C=O) groups excluding carboxylic acids is 1. The molecular formula is C23H26FN3O. The first-order valence-corrected chi connectivity index (χ1v) is 10.2. The van der Waals surface area contributed by atoms with Gasteiger partial charge in [0.1, 0.15) is 11.6 Å². The highest BCUT2D eigenvalue weighted by Gasteiger charge is 2.34. The normalized spacial score (nSPS) is 17.0. The van der Waals surface area contributed by atoms with Crippen LogP contribution in [0.3, 0.4) is 0 Å². The van der Waals surface area contributed by atoms with Crippen LogP contribution >= 0.6 is 0 Å². The fourth-order valence-corrected chi connectivity index (χ4v) is 4.09. The maximum absolute atomic E-state index is 13.2. The summed E-state index contributed by atoms with van der Waals surface area (Å²) in [5, 5.41) is 0. The summed E-state index contributed by atoms with van der Waals surface area (Å²) in [6, 6.07) is 14.3. The van der Waals surface area contributed by atoms with Gasteiger partial charge < -0.3 is 9.47 Å². The van der Waals surface area contributed by atoms with E-state index in [4.69, 9.17) is 4.98 Å². The first kappa shape index (κ1) is 18.7. The van der Waals surface area contributed by atoms with Crippen molar-refractivity contribution in [3.63, 3.8) is 0 Å². The van der Waals surface area contributed by atoms with E-state index >= 15 is 0 Å². The predicted octanol–water partition coefficient (Wildman–Crippen LogP) is 5.28. The zero-order valence-electron chi connectivity index (χ0n) is 16.3. The van der Waals surface area contributed by atoms with E-state index in [1.807, 2.05) is 18.2 Å². The number of amides is 1. The van der Waals surface area contributed by atoms with Crippen molar-refractivity contribution < 1.29 is 9.18 Å². The zero-order valence-corrected chi connectivity index (χ0v) is 16.3. The summed E-state index contributed by atoms with van der Waals surface area (Å²) < 4.78 is 15.5. The van der Waals surface area contributed by atoms with Gasteiger partial charge >= 0.3 is 0 Å². The smallest absolute Gasteiger partial charge is 0.227 e. The summed E-state index contributed by atoms with van der Waals surface area (Å²) in [5.41, 5.74) is 2.88. The van der Waals surface area contributed by atoms with Gasteiger partial charge in [-0.25, -0.2) is 9.37 Å². The Balaban J connectivity index is 1.61. The van der Waals surface area contributed by atoms with Crippen LogP contribution in [-0.2, 0) is 11.3 Å². The maximum atomic E-state index is 13.2. The Hall–Kier alpha value is -2.69. The quantitative estimate of drug-likeness (QED) is 0.524. The number of hydrogen-bond acceptors (Lipinski definition) is 2. The van der Waals surface area contributed by atoms with Crippen LogP contribution in [-0.4, -0.2) is 22.0 Å². The third kappa shape index (κ3) is 3.66. The average molecular weight is 379 g/mol. The molecule has 1 aliphatic heterocycles. The number of imidazole rings is 1. The Morgan fingerprint density at radius 3 is 2.64 bits per heavy atom. The minimum absolute atomic E-state index is 0.0520. The number of aromatic nitrogens is 2. The van der Waals surface area contributed by atoms with Gasteiger partial charge in [0.15, 0.2) is 0 Å². The van der Waals surface area contributed by atoms with Crippen molar-refractivity contribution in [3.8, 4) is 0 Å². The summed E-state index contributed by atoms with van der Waals surface area (Å²) in [7, 11) is 0. The van der Waals surface area contributed by atoms with Crippen molar-refractivity contribution in [3.05, 3.63) is 60.2 Å². The van der Waals surface area contributed by atoms with Crippen LogP contribution in [0.2, 0.25) is 0 Å². The van der Waals surface area contributed by atoms with Crippen molar-refractivity contribution in [1.82, 2.24) is 9.55 Å². The molecule has 2 aromatic carbocycles. The molecule has 5 heteroatoms. The van der Waals surface area contributed by atoms with E-state index < -0.39 is 0 Å². The number of fused-ring (bicyclic) bond motifs is 1. The molecule has 1 fully saturated rings. The minimum atomic E-state index is -0.291. The third-order valence-corrected chi connectivity index (χ3v) is 5.55. The van der Waals surface area contributed by atoms with Gasteiger partial charge in [-0.05, 0) is 42.8 Å². The molecule has 0 saturated carbocycles. The lowest BCUT2D eigenvalue weighted by Crippen LogP contribution is -2.24. The van der Waals surface area contributed by atoms with E-state index in [-0.39, 0.29) is 17.6 Å². The largest absolute Gasteiger partial charge is 0.328 e. The van der Waals surface area contributed by atoms with Crippen LogP contribution in [0.1, 0.15) is 50.8 Å². The van der Waals surface area contributed by atoms with Gasteiger partial charge in [0, 0.05) is 31.1 Å². The van der Waals surface area contributed by atoms with Gasteiger partial charge in [-0.15, -0.1) is 0 Å². The summed E-state index contributed by atoms with van der Waals surface area (Å²) in [6.45, 7) is 3.73. The number of rotatable bonds is 7. The lowest BCUT2D eigenvalue weighted by atomic mass is 10.1. The van der Waals surface area contributed by atoms with Crippen LogP contribution in [0.25, 0.3) is 11.0 Å². The fourth-order valence-electron chi connectivity index (χ4n) is 4.09. The second-order valence-corrected chi connectivity index (χ2v) is 7.55. The van der Waals surface area contributed by atoms with E-state index in [0.29, 0.717) is 13.0 Å². The molecule has 1 aromatic heterocycles. The number of carbonyl (C=O) groups is 1. The molecule has 1 atom stereocenters. The van der Waals surface area contributed by atoms with E-state index in [1.54, 1.807) is 17.0 Å². The van der Waals surface area contributed by atoms with Gasteiger partial charge in [0.25, 0.3) is 0 Å². The number of aryl methyl sites for hydroxylation is 1. The van der Waals surface area contributed by atoms with Crippen molar-refractivity contribution in [2.75, 3.05) is 11.4 Å². The van der Waals surface area contributed by atoms with Gasteiger partial charge in [-0.2, -0.15) is 0 Å². The van der Waals surface area contributed by atoms with Gasteiger partial charge in [0.05, 0.1) is 11.0 Å². The second kappa shape index (κ2) is 8.13. The van der Waals surface area contributed by atoms with E-state index in [0.717, 1.165) is 35.5 Å². The number of nitrogens with zero attached hydrogens (tertiary/aromatic N) is 3. The monoisotopic (exact) mass is 379 g/mol. The molecule has 0 N–H and O–H groups in total. The molecule has 28 heavy (non-hydrogen) atoms. The molecule has 146 valence electrons. The zero-order chi connectivity index (χ0) is 19.5. The highest BCUT2D eigenvalue weighted by Crippen LogP contribution is 2.33. The van der Waals surface area contributed by atoms with Crippen molar-refractivity contribution in [1.29, 1.82) is 0 Å². The van der Waals surface area contributed by atoms with Crippen LogP contribution in [0, 0.1) is 5.82 Å². The molecule has 0 radical (unpaired) electrons. The number of halogens is 1. The Labute approximate surface area is 165 Å². The van der Waals surface area contributed by atoms with Crippen LogP contribution in [0.4, 0.5) is 10.1 Å². The lowest BCUT2D eigenvalue weighted by molar-refractivity contribution is -0.117. The summed E-state index contributed by atoms with van der Waals surface area (Å²) in [5.74, 6) is 0.828. The molecule has 1 amide bonds. The van der Waals surface area contributed by atoms with Crippen LogP contribution in [0.5, 0.6) is 0 Å². The molecule has 1 aliphatic rings. The average Bonchev–Trinajstić information content (AvgIpc) is 3.27. The molecule has 0 bridgehead atoms. The molecule has 2 heterocycles. The number of benzene rings is 2. The molecule has 0 spiro atoms. The Morgan fingerprint density at radius 1 is 1.07 bits per heavy atom. The van der Waals surface area contributed by atoms with E-state index in [1.165, 1.54) is 31.4 Å². The summed E-state index contributed by atoms with van der Waals surface area (Å²) in [4.78, 5) is 19.3. The standard InChI is InChI=1S/C23H26FN3O/c1-2-3-4-7-14-26-21-9-6-5-8-20(21)25-23(26)17-15-22(28)27(16-17)19-12-10-18(24)11-13-19/h5-6,8-13,17H,2-4,7,14-16H2,1H3/t17-/m1/s1. The highest BCUT2D eigenvalue weighted by atomic mass is 19.1. The van der Waals surface area contributed by atoms with Crippen molar-refractivity contribution >= 4 is 22.6 Å². The minimum Gasteiger partial charge on any atom is -0.328 e. The van der Waals surface area contributed by atoms with Crippen LogP contribution in [0.15, 0.2) is 48.5 Å². The Morgan fingerprint density at radius 2 is 1.86 bits per heavy atom. The topological polar surface area (TPSA) is 38.1 Å². The summed E-state index contributed by atoms with van der Waals surface area (Å²) in [6.07, 6.45) is 5.20. The van der Waals surface area contributed by atoms with Gasteiger partial charge in [-0.3, -0.25) is 4.79 Å². The number of hydrogen-bond donors (Lipinski definition) is 0. The molecule has 3 aromatic rings. The molecule has 4 nitrogen and oxygen atoms in total. The van der Waals surface area contributed by atoms with E-state index in [2.05, 4.69) is 17.6 Å². The lowest BCUT2D eigenvalue weighted by Gasteiger charge is -2.17. The maximum Gasteiger partial charge on any atom is 0.227 e. The molecule has 1 saturated heterocycles.